The van der Waals surface area contributed by atoms with Gasteiger partial charge in [0.1, 0.15) is 0 Å². The third kappa shape index (κ3) is 4.67. The van der Waals surface area contributed by atoms with Gasteiger partial charge in [0.15, 0.2) is 0 Å². The molecule has 0 heterocycles. The van der Waals surface area contributed by atoms with Crippen molar-refractivity contribution in [3.63, 3.8) is 0 Å². The second kappa shape index (κ2) is 6.71. The average Bonchev–Trinajstić information content (AvgIpc) is 2.32. The lowest BCUT2D eigenvalue weighted by Gasteiger charge is -2.16. The molecule has 19 heavy (non-hydrogen) atoms. The number of hydrogen-bond donors (Lipinski definition) is 4. The Morgan fingerprint density at radius 3 is 2.47 bits per heavy atom. The normalized spacial score (nSPS) is 11.4. The largest absolute Gasteiger partial charge is 0.418 e. The van der Waals surface area contributed by atoms with Gasteiger partial charge >= 0.3 is 10.4 Å². The summed E-state index contributed by atoms with van der Waals surface area (Å²) in [6.07, 6.45) is 0.426. The molecule has 1 aromatic carbocycles. The zero-order valence-corrected chi connectivity index (χ0v) is 11.6. The van der Waals surface area contributed by atoms with Crippen LogP contribution in [0.15, 0.2) is 12.1 Å². The Labute approximate surface area is 112 Å². The van der Waals surface area contributed by atoms with Gasteiger partial charge in [-0.1, -0.05) is 0 Å². The smallest absolute Gasteiger partial charge is 0.396 e. The third-order valence-corrected chi connectivity index (χ3v) is 2.88. The van der Waals surface area contributed by atoms with Crippen LogP contribution >= 0.6 is 0 Å². The van der Waals surface area contributed by atoms with Crippen LogP contribution < -0.4 is 10.8 Å². The van der Waals surface area contributed by atoms with E-state index in [1.165, 1.54) is 0 Å². The predicted octanol–water partition coefficient (Wildman–Crippen LogP) is 1.11. The summed E-state index contributed by atoms with van der Waals surface area (Å²) in [5.74, 6) is 0. The number of anilines is 2. The minimum atomic E-state index is -4.56. The predicted molar refractivity (Wildman–Crippen MR) is 72.4 cm³/mol. The highest BCUT2D eigenvalue weighted by molar-refractivity contribution is 7.80. The van der Waals surface area contributed by atoms with E-state index < -0.39 is 10.4 Å². The van der Waals surface area contributed by atoms with Gasteiger partial charge in [0.05, 0.1) is 5.69 Å². The zero-order valence-electron chi connectivity index (χ0n) is 10.8. The highest BCUT2D eigenvalue weighted by atomic mass is 32.3. The van der Waals surface area contributed by atoms with Gasteiger partial charge in [-0.25, -0.2) is 5.48 Å². The molecule has 1 aromatic rings. The van der Waals surface area contributed by atoms with E-state index in [1.807, 2.05) is 6.92 Å². The second-order valence-corrected chi connectivity index (χ2v) is 4.90. The van der Waals surface area contributed by atoms with E-state index in [9.17, 15) is 8.42 Å². The summed E-state index contributed by atoms with van der Waals surface area (Å²) in [5.41, 5.74) is 5.03. The number of benzene rings is 1. The fraction of sp³-hybridized carbons (Fsp3) is 0.455. The molecule has 1 rings (SSSR count). The van der Waals surface area contributed by atoms with Crippen molar-refractivity contribution in [2.24, 2.45) is 0 Å². The van der Waals surface area contributed by atoms with Crippen molar-refractivity contribution in [1.82, 2.24) is 0 Å². The molecule has 0 amide bonds. The molecule has 4 N–H and O–H groups in total. The standard InChI is InChI=1S/C11H18N2O5S/c1-3-12-11-5-4-10(13-18-19(15,16)17)8(2)9(11)6-7-14/h4-5,12-14H,3,6-7H2,1-2H3,(H,15,16,17). The molecule has 0 atom stereocenters. The first-order valence-corrected chi connectivity index (χ1v) is 7.14. The fourth-order valence-electron chi connectivity index (χ4n) is 1.75. The van der Waals surface area contributed by atoms with E-state index in [4.69, 9.17) is 9.66 Å². The molecule has 0 aliphatic rings. The van der Waals surface area contributed by atoms with Crippen molar-refractivity contribution >= 4 is 21.8 Å². The Balaban J connectivity index is 3.04. The Bertz CT molecular complexity index is 530. The van der Waals surface area contributed by atoms with Crippen LogP contribution in [0.4, 0.5) is 11.4 Å². The van der Waals surface area contributed by atoms with Crippen molar-refractivity contribution in [3.05, 3.63) is 23.3 Å². The summed E-state index contributed by atoms with van der Waals surface area (Å²) in [6, 6.07) is 3.37. The Morgan fingerprint density at radius 1 is 1.32 bits per heavy atom. The Morgan fingerprint density at radius 2 is 1.95 bits per heavy atom. The van der Waals surface area contributed by atoms with E-state index in [0.29, 0.717) is 12.1 Å². The molecule has 8 heteroatoms. The van der Waals surface area contributed by atoms with Crippen LogP contribution in [0.3, 0.4) is 0 Å². The topological polar surface area (TPSA) is 108 Å². The van der Waals surface area contributed by atoms with Crippen LogP contribution in [0.1, 0.15) is 18.1 Å². The number of nitrogens with one attached hydrogen (secondary N) is 2. The van der Waals surface area contributed by atoms with E-state index in [1.54, 1.807) is 19.1 Å². The number of aliphatic hydroxyl groups excluding tert-OH is 1. The lowest BCUT2D eigenvalue weighted by atomic mass is 10.0. The molecule has 0 aliphatic carbocycles. The highest BCUT2D eigenvalue weighted by Gasteiger charge is 2.11. The lowest BCUT2D eigenvalue weighted by Crippen LogP contribution is -2.12. The molecule has 0 saturated carbocycles. The van der Waals surface area contributed by atoms with E-state index in [2.05, 4.69) is 15.1 Å². The third-order valence-electron chi connectivity index (χ3n) is 2.58. The summed E-state index contributed by atoms with van der Waals surface area (Å²) < 4.78 is 33.7. The maximum absolute atomic E-state index is 10.5. The van der Waals surface area contributed by atoms with Gasteiger partial charge in [-0.15, -0.1) is 4.28 Å². The SMILES string of the molecule is CCNc1ccc(NOS(=O)(=O)O)c(C)c1CCO. The quantitative estimate of drug-likeness (QED) is 0.440. The molecule has 108 valence electrons. The van der Waals surface area contributed by atoms with Crippen molar-refractivity contribution in [2.45, 2.75) is 20.3 Å². The van der Waals surface area contributed by atoms with Crippen molar-refractivity contribution < 1.29 is 22.4 Å². The first kappa shape index (κ1) is 15.7. The molecule has 0 fully saturated rings. The maximum atomic E-state index is 10.5. The van der Waals surface area contributed by atoms with Crippen LogP contribution in [0.25, 0.3) is 0 Å². The van der Waals surface area contributed by atoms with Gasteiger partial charge in [-0.05, 0) is 43.5 Å². The first-order chi connectivity index (χ1) is 8.89. The van der Waals surface area contributed by atoms with Crippen LogP contribution in [0, 0.1) is 6.92 Å². The molecule has 0 unspecified atom stereocenters. The monoisotopic (exact) mass is 290 g/mol. The number of hydrogen-bond acceptors (Lipinski definition) is 6. The summed E-state index contributed by atoms with van der Waals surface area (Å²) >= 11 is 0. The van der Waals surface area contributed by atoms with Crippen molar-refractivity contribution in [1.29, 1.82) is 0 Å². The summed E-state index contributed by atoms with van der Waals surface area (Å²) in [5, 5.41) is 12.2. The summed E-state index contributed by atoms with van der Waals surface area (Å²) in [4.78, 5) is 0. The van der Waals surface area contributed by atoms with Gasteiger partial charge in [-0.2, -0.15) is 8.42 Å². The minimum absolute atomic E-state index is 0.0259. The van der Waals surface area contributed by atoms with Crippen LogP contribution in [-0.2, 0) is 21.1 Å². The molecule has 0 spiro atoms. The van der Waals surface area contributed by atoms with Gasteiger partial charge in [0, 0.05) is 18.8 Å². The molecule has 0 saturated heterocycles. The van der Waals surface area contributed by atoms with E-state index in [-0.39, 0.29) is 6.61 Å². The molecule has 0 radical (unpaired) electrons. The molecule has 7 nitrogen and oxygen atoms in total. The van der Waals surface area contributed by atoms with Gasteiger partial charge in [0.25, 0.3) is 0 Å². The van der Waals surface area contributed by atoms with Crippen LogP contribution in [-0.4, -0.2) is 31.2 Å². The number of aliphatic hydroxyl groups is 1. The molecule has 0 bridgehead atoms. The molecule has 0 aromatic heterocycles. The van der Waals surface area contributed by atoms with Gasteiger partial charge in [0.2, 0.25) is 0 Å². The summed E-state index contributed by atoms with van der Waals surface area (Å²) in [7, 11) is -4.56. The van der Waals surface area contributed by atoms with Crippen LogP contribution in [0.5, 0.6) is 0 Å². The molecular formula is C11H18N2O5S. The minimum Gasteiger partial charge on any atom is -0.396 e. The zero-order chi connectivity index (χ0) is 14.5. The highest BCUT2D eigenvalue weighted by Crippen LogP contribution is 2.27. The average molecular weight is 290 g/mol. The Kier molecular flexibility index (Phi) is 5.55. The van der Waals surface area contributed by atoms with E-state index in [0.717, 1.165) is 23.4 Å². The van der Waals surface area contributed by atoms with Crippen LogP contribution in [0.2, 0.25) is 0 Å². The maximum Gasteiger partial charge on any atom is 0.418 e. The molecular weight excluding hydrogens is 272 g/mol. The van der Waals surface area contributed by atoms with Gasteiger partial charge in [-0.3, -0.25) is 4.55 Å². The summed E-state index contributed by atoms with van der Waals surface area (Å²) in [6.45, 7) is 4.42. The number of rotatable bonds is 7. The van der Waals surface area contributed by atoms with Gasteiger partial charge < -0.3 is 10.4 Å². The van der Waals surface area contributed by atoms with Crippen molar-refractivity contribution in [3.8, 4) is 0 Å². The fourth-order valence-corrected chi connectivity index (χ4v) is 1.95. The Hall–Kier alpha value is -1.35. The molecule has 0 aliphatic heterocycles. The second-order valence-electron chi connectivity index (χ2n) is 3.88. The lowest BCUT2D eigenvalue weighted by molar-refractivity contribution is 0.299. The van der Waals surface area contributed by atoms with E-state index >= 15 is 0 Å². The van der Waals surface area contributed by atoms with Crippen molar-refractivity contribution in [2.75, 3.05) is 23.9 Å². The first-order valence-electron chi connectivity index (χ1n) is 5.78.